The molecule has 0 radical (unpaired) electrons. The number of carbonyl (C=O) groups is 2. The zero-order valence-corrected chi connectivity index (χ0v) is 16.5. The summed E-state index contributed by atoms with van der Waals surface area (Å²) >= 11 is 5.89. The van der Waals surface area contributed by atoms with Gasteiger partial charge in [0.2, 0.25) is 0 Å². The van der Waals surface area contributed by atoms with E-state index in [1.807, 2.05) is 30.5 Å². The van der Waals surface area contributed by atoms with Crippen molar-refractivity contribution >= 4 is 23.4 Å². The van der Waals surface area contributed by atoms with Gasteiger partial charge < -0.3 is 15.2 Å². The summed E-state index contributed by atoms with van der Waals surface area (Å²) in [4.78, 5) is 29.7. The molecule has 144 valence electrons. The minimum atomic E-state index is -0.268. The highest BCUT2D eigenvalue weighted by Crippen LogP contribution is 2.21. The van der Waals surface area contributed by atoms with Crippen molar-refractivity contribution in [3.63, 3.8) is 0 Å². The molecule has 3 rings (SSSR count). The van der Waals surface area contributed by atoms with Crippen molar-refractivity contribution in [3.05, 3.63) is 52.1 Å². The molecule has 0 aliphatic carbocycles. The number of aromatic nitrogens is 2. The maximum absolute atomic E-state index is 12.7. The van der Waals surface area contributed by atoms with Gasteiger partial charge in [0.1, 0.15) is 5.69 Å². The summed E-state index contributed by atoms with van der Waals surface area (Å²) in [7, 11) is 0. The number of nitrogens with zero attached hydrogens (tertiary/aromatic N) is 2. The Balaban J connectivity index is 1.79. The largest absolute Gasteiger partial charge is 0.348 e. The summed E-state index contributed by atoms with van der Waals surface area (Å²) in [5.74, 6) is -0.157. The maximum Gasteiger partial charge on any atom is 0.287 e. The molecule has 1 atom stereocenters. The number of imidazole rings is 1. The summed E-state index contributed by atoms with van der Waals surface area (Å²) < 4.78 is 1.90. The van der Waals surface area contributed by atoms with Gasteiger partial charge >= 0.3 is 0 Å². The van der Waals surface area contributed by atoms with E-state index in [0.717, 1.165) is 36.9 Å². The third-order valence-electron chi connectivity index (χ3n) is 4.89. The molecule has 2 aromatic rings. The minimum absolute atomic E-state index is 0.0700. The van der Waals surface area contributed by atoms with Crippen molar-refractivity contribution in [1.29, 1.82) is 0 Å². The van der Waals surface area contributed by atoms with Gasteiger partial charge in [-0.3, -0.25) is 9.59 Å². The normalized spacial score (nSPS) is 14.3. The van der Waals surface area contributed by atoms with Crippen molar-refractivity contribution in [2.24, 2.45) is 0 Å². The molecule has 2 N–H and O–H groups in total. The lowest BCUT2D eigenvalue weighted by atomic mass is 10.1. The first-order chi connectivity index (χ1) is 13.0. The van der Waals surface area contributed by atoms with Crippen LogP contribution in [0.3, 0.4) is 0 Å². The number of benzene rings is 1. The summed E-state index contributed by atoms with van der Waals surface area (Å²) in [5, 5.41) is 6.50. The molecular formula is C20H25ClN4O2. The van der Waals surface area contributed by atoms with Crippen LogP contribution in [0.1, 0.15) is 65.5 Å². The van der Waals surface area contributed by atoms with E-state index >= 15 is 0 Å². The van der Waals surface area contributed by atoms with Crippen molar-refractivity contribution in [2.75, 3.05) is 0 Å². The van der Waals surface area contributed by atoms with Crippen LogP contribution in [0.25, 0.3) is 0 Å². The molecule has 1 aliphatic rings. The minimum Gasteiger partial charge on any atom is -0.348 e. The quantitative estimate of drug-likeness (QED) is 0.796. The predicted molar refractivity (Wildman–Crippen MR) is 105 cm³/mol. The predicted octanol–water partition coefficient (Wildman–Crippen LogP) is 3.33. The van der Waals surface area contributed by atoms with Gasteiger partial charge in [-0.2, -0.15) is 0 Å². The number of amides is 2. The maximum atomic E-state index is 12.7. The smallest absolute Gasteiger partial charge is 0.287 e. The van der Waals surface area contributed by atoms with Gasteiger partial charge in [0.15, 0.2) is 5.82 Å². The van der Waals surface area contributed by atoms with E-state index in [1.165, 1.54) is 0 Å². The molecule has 2 heterocycles. The third-order valence-corrected chi connectivity index (χ3v) is 5.14. The lowest BCUT2D eigenvalue weighted by molar-refractivity contribution is 0.0932. The summed E-state index contributed by atoms with van der Waals surface area (Å²) in [6, 6.07) is 7.39. The van der Waals surface area contributed by atoms with Gasteiger partial charge in [-0.05, 0) is 50.3 Å². The molecule has 1 aromatic carbocycles. The van der Waals surface area contributed by atoms with E-state index in [-0.39, 0.29) is 17.9 Å². The molecule has 1 aliphatic heterocycles. The standard InChI is InChI=1S/C20H25ClN4O2/c1-3-13(2)23-19(26)17-16-6-4-5-11-25(16)18(24-17)20(27)22-12-14-7-9-15(21)10-8-14/h7-10,13H,3-6,11-12H2,1-2H3,(H,22,27)(H,23,26). The molecule has 7 heteroatoms. The van der Waals surface area contributed by atoms with Crippen LogP contribution < -0.4 is 10.6 Å². The first-order valence-corrected chi connectivity index (χ1v) is 9.80. The Morgan fingerprint density at radius 1 is 1.22 bits per heavy atom. The number of carbonyl (C=O) groups excluding carboxylic acids is 2. The second kappa shape index (κ2) is 8.57. The van der Waals surface area contributed by atoms with Gasteiger partial charge in [0.25, 0.3) is 11.8 Å². The number of hydrogen-bond donors (Lipinski definition) is 2. The molecule has 2 amide bonds. The molecule has 0 bridgehead atoms. The SMILES string of the molecule is CCC(C)NC(=O)c1nc(C(=O)NCc2ccc(Cl)cc2)n2c1CCCC2. The van der Waals surface area contributed by atoms with Gasteiger partial charge in [0, 0.05) is 24.2 Å². The molecule has 0 saturated heterocycles. The lowest BCUT2D eigenvalue weighted by Gasteiger charge is -2.17. The molecule has 0 saturated carbocycles. The van der Waals surface area contributed by atoms with Gasteiger partial charge in [0.05, 0.1) is 5.69 Å². The molecule has 0 fully saturated rings. The Hall–Kier alpha value is -2.34. The van der Waals surface area contributed by atoms with Crippen LogP contribution in [0.15, 0.2) is 24.3 Å². The van der Waals surface area contributed by atoms with Crippen LogP contribution in [0.4, 0.5) is 0 Å². The number of halogens is 1. The van der Waals surface area contributed by atoms with E-state index in [4.69, 9.17) is 11.6 Å². The average Bonchev–Trinajstić information content (AvgIpc) is 3.07. The molecule has 6 nitrogen and oxygen atoms in total. The summed E-state index contributed by atoms with van der Waals surface area (Å²) in [5.41, 5.74) is 2.19. The highest BCUT2D eigenvalue weighted by Gasteiger charge is 2.27. The monoisotopic (exact) mass is 388 g/mol. The highest BCUT2D eigenvalue weighted by atomic mass is 35.5. The first kappa shape index (κ1) is 19.4. The topological polar surface area (TPSA) is 76.0 Å². The Kier molecular flexibility index (Phi) is 6.16. The molecule has 1 unspecified atom stereocenters. The number of fused-ring (bicyclic) bond motifs is 1. The Morgan fingerprint density at radius 2 is 1.96 bits per heavy atom. The summed E-state index contributed by atoms with van der Waals surface area (Å²) in [6.45, 7) is 5.07. The third kappa shape index (κ3) is 4.50. The van der Waals surface area contributed by atoms with Crippen molar-refractivity contribution < 1.29 is 9.59 Å². The fourth-order valence-electron chi connectivity index (χ4n) is 3.16. The van der Waals surface area contributed by atoms with Crippen LogP contribution in [-0.4, -0.2) is 27.4 Å². The van der Waals surface area contributed by atoms with Gasteiger partial charge in [-0.1, -0.05) is 30.7 Å². The van der Waals surface area contributed by atoms with Crippen LogP contribution in [0, 0.1) is 0 Å². The second-order valence-electron chi connectivity index (χ2n) is 6.93. The van der Waals surface area contributed by atoms with Crippen LogP contribution >= 0.6 is 11.6 Å². The van der Waals surface area contributed by atoms with Crippen molar-refractivity contribution in [1.82, 2.24) is 20.2 Å². The second-order valence-corrected chi connectivity index (χ2v) is 7.37. The lowest BCUT2D eigenvalue weighted by Crippen LogP contribution is -2.33. The molecule has 0 spiro atoms. The molecule has 27 heavy (non-hydrogen) atoms. The molecule has 1 aromatic heterocycles. The van der Waals surface area contributed by atoms with Crippen molar-refractivity contribution in [3.8, 4) is 0 Å². The Bertz CT molecular complexity index is 829. The van der Waals surface area contributed by atoms with E-state index in [0.29, 0.717) is 29.6 Å². The zero-order chi connectivity index (χ0) is 19.4. The highest BCUT2D eigenvalue weighted by molar-refractivity contribution is 6.30. The first-order valence-electron chi connectivity index (χ1n) is 9.42. The number of hydrogen-bond acceptors (Lipinski definition) is 3. The summed E-state index contributed by atoms with van der Waals surface area (Å²) in [6.07, 6.45) is 3.59. The zero-order valence-electron chi connectivity index (χ0n) is 15.7. The van der Waals surface area contributed by atoms with Gasteiger partial charge in [-0.25, -0.2) is 4.98 Å². The Labute approximate surface area is 164 Å². The Morgan fingerprint density at radius 3 is 2.67 bits per heavy atom. The van der Waals surface area contributed by atoms with E-state index in [9.17, 15) is 9.59 Å². The fraction of sp³-hybridized carbons (Fsp3) is 0.450. The van der Waals surface area contributed by atoms with E-state index < -0.39 is 0 Å². The molecular weight excluding hydrogens is 364 g/mol. The van der Waals surface area contributed by atoms with Crippen LogP contribution in [0.2, 0.25) is 5.02 Å². The fourth-order valence-corrected chi connectivity index (χ4v) is 3.28. The van der Waals surface area contributed by atoms with Crippen LogP contribution in [0.5, 0.6) is 0 Å². The number of nitrogens with one attached hydrogen (secondary N) is 2. The van der Waals surface area contributed by atoms with Crippen LogP contribution in [-0.2, 0) is 19.5 Å². The van der Waals surface area contributed by atoms with Gasteiger partial charge in [-0.15, -0.1) is 0 Å². The number of rotatable bonds is 6. The van der Waals surface area contributed by atoms with E-state index in [1.54, 1.807) is 12.1 Å². The van der Waals surface area contributed by atoms with Crippen molar-refractivity contribution in [2.45, 2.75) is 58.7 Å². The average molecular weight is 389 g/mol. The van der Waals surface area contributed by atoms with E-state index in [2.05, 4.69) is 15.6 Å².